The highest BCUT2D eigenvalue weighted by Crippen LogP contribution is 2.30. The molecule has 0 atom stereocenters. The average Bonchev–Trinajstić information content (AvgIpc) is 2.46. The SMILES string of the molecule is CC(C)c1cccc(Nc2ncnc(NN)c2C(C)C)c1. The lowest BCUT2D eigenvalue weighted by molar-refractivity contribution is 0.849. The zero-order chi connectivity index (χ0) is 15.4. The third-order valence-corrected chi connectivity index (χ3v) is 3.41. The second kappa shape index (κ2) is 6.54. The van der Waals surface area contributed by atoms with E-state index in [1.165, 1.54) is 11.9 Å². The van der Waals surface area contributed by atoms with E-state index in [0.29, 0.717) is 11.7 Å². The van der Waals surface area contributed by atoms with Gasteiger partial charge in [0.1, 0.15) is 18.0 Å². The lowest BCUT2D eigenvalue weighted by Gasteiger charge is -2.17. The van der Waals surface area contributed by atoms with Crippen molar-refractivity contribution in [2.24, 2.45) is 5.84 Å². The van der Waals surface area contributed by atoms with E-state index in [1.807, 2.05) is 6.07 Å². The van der Waals surface area contributed by atoms with Crippen LogP contribution in [0.4, 0.5) is 17.3 Å². The van der Waals surface area contributed by atoms with Crippen LogP contribution in [0.1, 0.15) is 50.7 Å². The number of anilines is 3. The van der Waals surface area contributed by atoms with Crippen molar-refractivity contribution >= 4 is 17.3 Å². The van der Waals surface area contributed by atoms with E-state index in [4.69, 9.17) is 5.84 Å². The number of nitrogens with two attached hydrogens (primary N) is 1. The van der Waals surface area contributed by atoms with Gasteiger partial charge in [0.15, 0.2) is 0 Å². The number of rotatable bonds is 5. The summed E-state index contributed by atoms with van der Waals surface area (Å²) in [7, 11) is 0. The van der Waals surface area contributed by atoms with Gasteiger partial charge in [0.25, 0.3) is 0 Å². The Bertz CT molecular complexity index is 607. The molecule has 112 valence electrons. The molecule has 0 amide bonds. The summed E-state index contributed by atoms with van der Waals surface area (Å²) in [4.78, 5) is 8.54. The van der Waals surface area contributed by atoms with Gasteiger partial charge in [0.2, 0.25) is 0 Å². The van der Waals surface area contributed by atoms with Gasteiger partial charge in [0, 0.05) is 11.3 Å². The van der Waals surface area contributed by atoms with E-state index >= 15 is 0 Å². The highest BCUT2D eigenvalue weighted by atomic mass is 15.3. The fraction of sp³-hybridized carbons (Fsp3) is 0.375. The van der Waals surface area contributed by atoms with E-state index in [1.54, 1.807) is 0 Å². The molecule has 0 saturated heterocycles. The number of nitrogens with zero attached hydrogens (tertiary/aromatic N) is 2. The summed E-state index contributed by atoms with van der Waals surface area (Å²) in [5.41, 5.74) is 5.93. The molecule has 0 radical (unpaired) electrons. The van der Waals surface area contributed by atoms with Gasteiger partial charge in [0.05, 0.1) is 0 Å². The van der Waals surface area contributed by atoms with E-state index in [2.05, 4.69) is 66.6 Å². The number of nitrogen functional groups attached to an aromatic ring is 1. The quantitative estimate of drug-likeness (QED) is 0.576. The van der Waals surface area contributed by atoms with Gasteiger partial charge in [-0.05, 0) is 29.5 Å². The Morgan fingerprint density at radius 3 is 2.33 bits per heavy atom. The lowest BCUT2D eigenvalue weighted by Crippen LogP contribution is -2.14. The molecule has 0 aliphatic rings. The van der Waals surface area contributed by atoms with Crippen molar-refractivity contribution < 1.29 is 0 Å². The van der Waals surface area contributed by atoms with Crippen molar-refractivity contribution in [3.05, 3.63) is 41.7 Å². The van der Waals surface area contributed by atoms with Gasteiger partial charge in [-0.2, -0.15) is 0 Å². The molecule has 2 aromatic rings. The molecule has 4 N–H and O–H groups in total. The van der Waals surface area contributed by atoms with Gasteiger partial charge < -0.3 is 10.7 Å². The molecule has 0 aliphatic carbocycles. The molecule has 2 rings (SSSR count). The molecule has 5 heteroatoms. The van der Waals surface area contributed by atoms with Crippen molar-refractivity contribution in [3.8, 4) is 0 Å². The molecule has 1 heterocycles. The topological polar surface area (TPSA) is 75.9 Å². The molecule has 1 aromatic carbocycles. The highest BCUT2D eigenvalue weighted by Gasteiger charge is 2.14. The first-order valence-electron chi connectivity index (χ1n) is 7.21. The van der Waals surface area contributed by atoms with Crippen LogP contribution in [0.3, 0.4) is 0 Å². The van der Waals surface area contributed by atoms with Gasteiger partial charge in [-0.3, -0.25) is 0 Å². The summed E-state index contributed by atoms with van der Waals surface area (Å²) in [5, 5.41) is 3.38. The van der Waals surface area contributed by atoms with Crippen LogP contribution in [-0.2, 0) is 0 Å². The summed E-state index contributed by atoms with van der Waals surface area (Å²) >= 11 is 0. The number of hydrogen-bond donors (Lipinski definition) is 3. The standard InChI is InChI=1S/C16H23N5/c1-10(2)12-6-5-7-13(8-12)20-15-14(11(3)4)16(21-17)19-9-18-15/h5-11H,17H2,1-4H3,(H2,18,19,20,21). The molecule has 0 spiro atoms. The maximum absolute atomic E-state index is 5.55. The van der Waals surface area contributed by atoms with Crippen LogP contribution in [0, 0.1) is 0 Å². The zero-order valence-corrected chi connectivity index (χ0v) is 13.0. The van der Waals surface area contributed by atoms with Crippen LogP contribution in [0.2, 0.25) is 0 Å². The maximum atomic E-state index is 5.55. The molecular weight excluding hydrogens is 262 g/mol. The van der Waals surface area contributed by atoms with Crippen LogP contribution >= 0.6 is 0 Å². The number of hydrazine groups is 1. The van der Waals surface area contributed by atoms with Crippen LogP contribution in [0.5, 0.6) is 0 Å². The summed E-state index contributed by atoms with van der Waals surface area (Å²) in [6, 6.07) is 8.36. The third-order valence-electron chi connectivity index (χ3n) is 3.41. The molecule has 21 heavy (non-hydrogen) atoms. The highest BCUT2D eigenvalue weighted by molar-refractivity contribution is 5.66. The second-order valence-electron chi connectivity index (χ2n) is 5.69. The van der Waals surface area contributed by atoms with Crippen molar-refractivity contribution in [1.82, 2.24) is 9.97 Å². The van der Waals surface area contributed by atoms with Crippen LogP contribution in [0.25, 0.3) is 0 Å². The molecule has 0 saturated carbocycles. The normalized spacial score (nSPS) is 11.0. The summed E-state index contributed by atoms with van der Waals surface area (Å²) in [6.07, 6.45) is 1.51. The van der Waals surface area contributed by atoms with E-state index in [-0.39, 0.29) is 5.92 Å². The average molecular weight is 285 g/mol. The molecule has 0 aliphatic heterocycles. The molecule has 5 nitrogen and oxygen atoms in total. The summed E-state index contributed by atoms with van der Waals surface area (Å²) in [5.74, 6) is 7.73. The first kappa shape index (κ1) is 15.3. The van der Waals surface area contributed by atoms with E-state index < -0.39 is 0 Å². The van der Waals surface area contributed by atoms with Crippen LogP contribution in [0.15, 0.2) is 30.6 Å². The van der Waals surface area contributed by atoms with Crippen molar-refractivity contribution in [2.75, 3.05) is 10.7 Å². The number of nitrogens with one attached hydrogen (secondary N) is 2. The predicted octanol–water partition coefficient (Wildman–Crippen LogP) is 3.75. The molecule has 1 aromatic heterocycles. The zero-order valence-electron chi connectivity index (χ0n) is 13.0. The molecule has 0 fully saturated rings. The number of aromatic nitrogens is 2. The Morgan fingerprint density at radius 2 is 1.71 bits per heavy atom. The predicted molar refractivity (Wildman–Crippen MR) is 87.7 cm³/mol. The van der Waals surface area contributed by atoms with Crippen LogP contribution < -0.4 is 16.6 Å². The number of benzene rings is 1. The number of hydrogen-bond acceptors (Lipinski definition) is 5. The van der Waals surface area contributed by atoms with Gasteiger partial charge in [-0.25, -0.2) is 15.8 Å². The summed E-state index contributed by atoms with van der Waals surface area (Å²) in [6.45, 7) is 8.55. The Balaban J connectivity index is 2.37. The minimum atomic E-state index is 0.257. The third kappa shape index (κ3) is 3.49. The lowest BCUT2D eigenvalue weighted by atomic mass is 10.0. The van der Waals surface area contributed by atoms with Gasteiger partial charge in [-0.15, -0.1) is 0 Å². The fourth-order valence-electron chi connectivity index (χ4n) is 2.27. The van der Waals surface area contributed by atoms with E-state index in [0.717, 1.165) is 17.1 Å². The second-order valence-corrected chi connectivity index (χ2v) is 5.69. The molecule has 0 unspecified atom stereocenters. The Labute approximate surface area is 126 Å². The minimum Gasteiger partial charge on any atom is -0.340 e. The molecular formula is C16H23N5. The first-order chi connectivity index (χ1) is 10.0. The molecule has 0 bridgehead atoms. The fourth-order valence-corrected chi connectivity index (χ4v) is 2.27. The largest absolute Gasteiger partial charge is 0.340 e. The Morgan fingerprint density at radius 1 is 1.00 bits per heavy atom. The van der Waals surface area contributed by atoms with Gasteiger partial charge in [-0.1, -0.05) is 39.8 Å². The minimum absolute atomic E-state index is 0.257. The maximum Gasteiger partial charge on any atom is 0.148 e. The monoisotopic (exact) mass is 285 g/mol. The van der Waals surface area contributed by atoms with Crippen molar-refractivity contribution in [1.29, 1.82) is 0 Å². The van der Waals surface area contributed by atoms with Crippen LogP contribution in [-0.4, -0.2) is 9.97 Å². The smallest absolute Gasteiger partial charge is 0.148 e. The Hall–Kier alpha value is -2.14. The van der Waals surface area contributed by atoms with Crippen molar-refractivity contribution in [3.63, 3.8) is 0 Å². The van der Waals surface area contributed by atoms with Gasteiger partial charge >= 0.3 is 0 Å². The van der Waals surface area contributed by atoms with E-state index in [9.17, 15) is 0 Å². The summed E-state index contributed by atoms with van der Waals surface area (Å²) < 4.78 is 0. The first-order valence-corrected chi connectivity index (χ1v) is 7.21. The van der Waals surface area contributed by atoms with Crippen molar-refractivity contribution in [2.45, 2.75) is 39.5 Å². The Kier molecular flexibility index (Phi) is 4.75.